The molecule has 3 fully saturated rings. The minimum atomic E-state index is -1.79. The Bertz CT molecular complexity index is 2570. The molecule has 0 spiro atoms. The van der Waals surface area contributed by atoms with E-state index in [2.05, 4.69) is 13.5 Å². The third-order valence-corrected chi connectivity index (χ3v) is 17.0. The van der Waals surface area contributed by atoms with E-state index in [1.807, 2.05) is 135 Å². The number of unbranched alkanes of at least 4 members (excludes halogenated alkanes) is 1. The largest absolute Gasteiger partial charge is 0.497 e. The number of hydrogen-bond donors (Lipinski definition) is 1. The van der Waals surface area contributed by atoms with Gasteiger partial charge >= 0.3 is 17.9 Å². The van der Waals surface area contributed by atoms with Crippen LogP contribution in [0.25, 0.3) is 0 Å². The Balaban J connectivity index is 1.49. The highest BCUT2D eigenvalue weighted by atomic mass is 32.2. The minimum Gasteiger partial charge on any atom is -0.497 e. The van der Waals surface area contributed by atoms with Crippen LogP contribution in [0.1, 0.15) is 151 Å². The molecule has 5 rings (SSSR count). The second-order valence-electron chi connectivity index (χ2n) is 24.7. The fourth-order valence-corrected chi connectivity index (χ4v) is 12.1. The van der Waals surface area contributed by atoms with Crippen molar-refractivity contribution in [2.45, 2.75) is 225 Å². The Morgan fingerprint density at radius 2 is 1.55 bits per heavy atom. The Kier molecular flexibility index (Phi) is 26.7. The highest BCUT2D eigenvalue weighted by Gasteiger charge is 2.60. The van der Waals surface area contributed by atoms with Crippen LogP contribution in [0.5, 0.6) is 5.75 Å². The number of benzene rings is 2. The molecule has 16 nitrogen and oxygen atoms in total. The molecule has 0 aliphatic carbocycles. The van der Waals surface area contributed by atoms with Gasteiger partial charge in [-0.3, -0.25) is 9.59 Å². The number of carbonyl (C=O) groups is 4. The van der Waals surface area contributed by atoms with E-state index in [0.29, 0.717) is 43.6 Å². The highest BCUT2D eigenvalue weighted by molar-refractivity contribution is 8.14. The van der Waals surface area contributed by atoms with E-state index < -0.39 is 95.1 Å². The normalized spacial score (nSPS) is 26.5. The van der Waals surface area contributed by atoms with Crippen molar-refractivity contribution in [3.63, 3.8) is 0 Å². The SMILES string of the molecule is C=C1C[C@@H](CC2(C)O[C@H](C[C@@H](O)CC(=O)SC(C)(C)C)C[C@H](OC(C)=O)C2(C)C)O[C@@H](/C=C/C(C)(C)[C@]2(OC)O[C@H](C[C@@H](OCc3ccc(OC)cc3)[C@@H](C)OCOCc3ccccc3)C/C(=C\C(=O)OC)[C@@H]2OC(=O)/C=C/C=C/CCC)C1. The number of esters is 3. The summed E-state index contributed by atoms with van der Waals surface area (Å²) < 4.78 is 69.5. The van der Waals surface area contributed by atoms with Gasteiger partial charge in [-0.05, 0) is 68.4 Å². The predicted molar refractivity (Wildman–Crippen MR) is 325 cm³/mol. The summed E-state index contributed by atoms with van der Waals surface area (Å²) in [7, 11) is 4.39. The summed E-state index contributed by atoms with van der Waals surface area (Å²) in [5.41, 5.74) is 0.439. The predicted octanol–water partition coefficient (Wildman–Crippen LogP) is 12.4. The summed E-state index contributed by atoms with van der Waals surface area (Å²) in [4.78, 5) is 52.9. The third kappa shape index (κ3) is 20.6. The lowest BCUT2D eigenvalue weighted by Gasteiger charge is -2.55. The van der Waals surface area contributed by atoms with Crippen LogP contribution in [-0.2, 0) is 79.8 Å². The molecule has 0 aromatic heterocycles. The molecule has 1 N–H and O–H groups in total. The molecule has 2 aromatic rings. The summed E-state index contributed by atoms with van der Waals surface area (Å²) in [6, 6.07) is 17.4. The molecular weight excluding hydrogens is 1090 g/mol. The number of carbonyl (C=O) groups excluding carboxylic acids is 4. The van der Waals surface area contributed by atoms with Crippen LogP contribution in [-0.4, -0.2) is 127 Å². The average Bonchev–Trinajstić information content (AvgIpc) is 1.53. The molecule has 0 radical (unpaired) electrons. The fraction of sp³-hybridized carbons (Fsp3) is 0.612. The maximum Gasteiger partial charge on any atom is 0.331 e. The highest BCUT2D eigenvalue weighted by Crippen LogP contribution is 2.52. The molecule has 11 atom stereocenters. The van der Waals surface area contributed by atoms with Gasteiger partial charge < -0.3 is 57.2 Å². The summed E-state index contributed by atoms with van der Waals surface area (Å²) in [5, 5.41) is 11.1. The van der Waals surface area contributed by atoms with Crippen molar-refractivity contribution in [2.75, 3.05) is 28.1 Å². The molecule has 3 aliphatic heterocycles. The van der Waals surface area contributed by atoms with Crippen LogP contribution in [0.15, 0.2) is 115 Å². The first-order chi connectivity index (χ1) is 39.6. The average molecular weight is 1190 g/mol. The van der Waals surface area contributed by atoms with Gasteiger partial charge in [0.1, 0.15) is 18.6 Å². The molecule has 0 bridgehead atoms. The van der Waals surface area contributed by atoms with Gasteiger partial charge in [0.15, 0.2) is 11.2 Å². The number of thioether (sulfide) groups is 1. The van der Waals surface area contributed by atoms with E-state index in [0.717, 1.165) is 29.5 Å². The zero-order valence-electron chi connectivity index (χ0n) is 52.3. The molecule has 3 aliphatic rings. The smallest absolute Gasteiger partial charge is 0.331 e. The van der Waals surface area contributed by atoms with Gasteiger partial charge in [-0.25, -0.2) is 9.59 Å². The molecule has 0 saturated carbocycles. The van der Waals surface area contributed by atoms with Crippen LogP contribution in [0, 0.1) is 10.8 Å². The van der Waals surface area contributed by atoms with E-state index >= 15 is 0 Å². The molecular formula is C67H96O16S. The van der Waals surface area contributed by atoms with E-state index in [-0.39, 0.29) is 48.9 Å². The second-order valence-corrected chi connectivity index (χ2v) is 26.5. The number of aliphatic hydroxyl groups is 1. The number of methoxy groups -OCH3 is 3. The van der Waals surface area contributed by atoms with Crippen molar-refractivity contribution >= 4 is 34.8 Å². The first-order valence-corrected chi connectivity index (χ1v) is 30.3. The van der Waals surface area contributed by atoms with E-state index in [1.165, 1.54) is 45.1 Å². The third-order valence-electron chi connectivity index (χ3n) is 16.0. The van der Waals surface area contributed by atoms with E-state index in [1.54, 1.807) is 19.3 Å². The van der Waals surface area contributed by atoms with Crippen LogP contribution in [0.3, 0.4) is 0 Å². The van der Waals surface area contributed by atoms with Gasteiger partial charge in [-0.1, -0.05) is 159 Å². The lowest BCUT2D eigenvalue weighted by Crippen LogP contribution is -2.63. The molecule has 2 aromatic carbocycles. The van der Waals surface area contributed by atoms with Crippen LogP contribution < -0.4 is 4.74 Å². The summed E-state index contributed by atoms with van der Waals surface area (Å²) in [6.45, 7) is 26.1. The monoisotopic (exact) mass is 1190 g/mol. The van der Waals surface area contributed by atoms with Crippen molar-refractivity contribution < 1.29 is 76.4 Å². The van der Waals surface area contributed by atoms with Gasteiger partial charge in [0.05, 0.1) is 75.8 Å². The first kappa shape index (κ1) is 69.8. The molecule has 84 heavy (non-hydrogen) atoms. The quantitative estimate of drug-likeness (QED) is 0.0154. The van der Waals surface area contributed by atoms with Crippen LogP contribution in [0.2, 0.25) is 0 Å². The molecule has 0 amide bonds. The standard InChI is InChI=1S/C67H96O16S/c1-16-17-18-19-23-26-59(70)81-62-50(36-60(71)74-14)35-54(39-57(77-43-49-27-29-52(73-13)30-28-49)46(3)78-44-76-42-48-24-21-20-22-25-48)83-67(62,75-15)64(8,9)32-31-53-33-45(2)34-56(80-53)41-66(12)65(10,11)58(79-47(4)68)40-55(82-66)37-51(69)38-61(72)84-63(5,6)7/h18-32,36,46,51,53-58,62,69H,2,16-17,33-35,37-44H2,1,3-15H3/b19-18+,26-23+,32-31+,50-36+/t46-,51-,53+,54+,55-,56+,57-,58+,62+,66?,67-/m1/s1. The maximum absolute atomic E-state index is 14.0. The molecule has 1 unspecified atom stereocenters. The first-order valence-electron chi connectivity index (χ1n) is 29.4. The summed E-state index contributed by atoms with van der Waals surface area (Å²) in [5.74, 6) is -2.85. The van der Waals surface area contributed by atoms with Crippen molar-refractivity contribution in [3.05, 3.63) is 126 Å². The summed E-state index contributed by atoms with van der Waals surface area (Å²) in [6.07, 6.45) is 9.83. The Labute approximate surface area is 504 Å². The zero-order chi connectivity index (χ0) is 61.9. The zero-order valence-corrected chi connectivity index (χ0v) is 53.1. The van der Waals surface area contributed by atoms with Crippen molar-refractivity contribution in [1.29, 1.82) is 0 Å². The topological polar surface area (TPSA) is 190 Å². The van der Waals surface area contributed by atoms with Gasteiger partial charge in [-0.2, -0.15) is 0 Å². The molecule has 17 heteroatoms. The number of aliphatic hydroxyl groups excluding tert-OH is 1. The number of allylic oxidation sites excluding steroid dienone is 3. The van der Waals surface area contributed by atoms with Crippen molar-refractivity contribution in [3.8, 4) is 5.75 Å². The number of rotatable bonds is 29. The van der Waals surface area contributed by atoms with Crippen LogP contribution >= 0.6 is 11.8 Å². The van der Waals surface area contributed by atoms with Gasteiger partial charge in [0.2, 0.25) is 5.79 Å². The summed E-state index contributed by atoms with van der Waals surface area (Å²) >= 11 is 1.20. The Morgan fingerprint density at radius 1 is 0.845 bits per heavy atom. The van der Waals surface area contributed by atoms with Gasteiger partial charge in [0, 0.05) is 73.9 Å². The lowest BCUT2D eigenvalue weighted by molar-refractivity contribution is -0.338. The molecule has 3 heterocycles. The van der Waals surface area contributed by atoms with E-state index in [4.69, 9.17) is 52.1 Å². The fourth-order valence-electron chi connectivity index (χ4n) is 11.1. The lowest BCUT2D eigenvalue weighted by atomic mass is 9.65. The van der Waals surface area contributed by atoms with Crippen LogP contribution in [0.4, 0.5) is 0 Å². The minimum absolute atomic E-state index is 0.0168. The second kappa shape index (κ2) is 32.2. The Morgan fingerprint density at radius 3 is 2.19 bits per heavy atom. The van der Waals surface area contributed by atoms with Gasteiger partial charge in [0.25, 0.3) is 0 Å². The molecule has 466 valence electrons. The maximum atomic E-state index is 14.0. The van der Waals surface area contributed by atoms with Crippen molar-refractivity contribution in [2.24, 2.45) is 10.8 Å². The number of hydrogen-bond acceptors (Lipinski definition) is 17. The van der Waals surface area contributed by atoms with Crippen molar-refractivity contribution in [1.82, 2.24) is 0 Å². The van der Waals surface area contributed by atoms with Gasteiger partial charge in [-0.15, -0.1) is 0 Å². The van der Waals surface area contributed by atoms with E-state index in [9.17, 15) is 24.3 Å². The number of ether oxygens (including phenoxy) is 11. The Hall–Kier alpha value is -4.95. The molecule has 3 saturated heterocycles.